The molecule has 0 spiro atoms. The van der Waals surface area contributed by atoms with Crippen molar-refractivity contribution in [2.45, 2.75) is 33.2 Å². The van der Waals surface area contributed by atoms with E-state index in [1.807, 2.05) is 13.8 Å². The van der Waals surface area contributed by atoms with Crippen molar-refractivity contribution in [2.75, 3.05) is 0 Å². The van der Waals surface area contributed by atoms with Crippen LogP contribution >= 0.6 is 0 Å². The Morgan fingerprint density at radius 1 is 1.64 bits per heavy atom. The molecule has 0 aliphatic rings. The van der Waals surface area contributed by atoms with Crippen molar-refractivity contribution < 1.29 is 9.90 Å². The Bertz CT molecular complexity index is 320. The van der Waals surface area contributed by atoms with E-state index < -0.39 is 12.0 Å². The minimum absolute atomic E-state index is 0.331. The first-order chi connectivity index (χ1) is 6.52. The molecule has 78 valence electrons. The van der Waals surface area contributed by atoms with Crippen LogP contribution in [0.1, 0.15) is 32.1 Å². The molecule has 0 bridgehead atoms. The molecule has 0 fully saturated rings. The summed E-state index contributed by atoms with van der Waals surface area (Å²) in [5, 5.41) is 16.5. The lowest BCUT2D eigenvalue weighted by Crippen LogP contribution is -2.21. The monoisotopic (exact) mass is 197 g/mol. The number of rotatable bonds is 4. The maximum absolute atomic E-state index is 11.0. The molecule has 1 aromatic rings. The van der Waals surface area contributed by atoms with E-state index >= 15 is 0 Å². The molecular formula is C9H15N3O2. The number of aryl methyl sites for hydroxylation is 1. The summed E-state index contributed by atoms with van der Waals surface area (Å²) in [5.41, 5.74) is 0. The van der Waals surface area contributed by atoms with Gasteiger partial charge in [-0.05, 0) is 19.3 Å². The van der Waals surface area contributed by atoms with Crippen molar-refractivity contribution in [1.29, 1.82) is 0 Å². The van der Waals surface area contributed by atoms with E-state index in [4.69, 9.17) is 5.11 Å². The minimum atomic E-state index is -0.832. The van der Waals surface area contributed by atoms with E-state index in [9.17, 15) is 4.79 Å². The molecule has 0 saturated heterocycles. The van der Waals surface area contributed by atoms with E-state index in [0.717, 1.165) is 0 Å². The second-order valence-electron chi connectivity index (χ2n) is 3.77. The fraction of sp³-hybridized carbons (Fsp3) is 0.667. The van der Waals surface area contributed by atoms with Gasteiger partial charge in [0.1, 0.15) is 18.2 Å². The fourth-order valence-corrected chi connectivity index (χ4v) is 1.39. The van der Waals surface area contributed by atoms with Gasteiger partial charge in [-0.15, -0.1) is 10.2 Å². The molecule has 1 aromatic heterocycles. The Balaban J connectivity index is 2.89. The highest BCUT2D eigenvalue weighted by Crippen LogP contribution is 2.18. The van der Waals surface area contributed by atoms with Gasteiger partial charge in [0, 0.05) is 0 Å². The van der Waals surface area contributed by atoms with E-state index in [-0.39, 0.29) is 0 Å². The standard InChI is InChI=1S/C9H15N3O2/c1-6(2)4-8(9(13)14)12-5-10-11-7(12)3/h5-6,8H,4H2,1-3H3,(H,13,14). The molecule has 0 aromatic carbocycles. The van der Waals surface area contributed by atoms with Gasteiger partial charge in [-0.2, -0.15) is 0 Å². The molecule has 5 heteroatoms. The molecule has 14 heavy (non-hydrogen) atoms. The van der Waals surface area contributed by atoms with Crippen LogP contribution in [-0.4, -0.2) is 25.8 Å². The van der Waals surface area contributed by atoms with Crippen LogP contribution in [0, 0.1) is 12.8 Å². The van der Waals surface area contributed by atoms with Crippen LogP contribution in [0.5, 0.6) is 0 Å². The van der Waals surface area contributed by atoms with Crippen LogP contribution < -0.4 is 0 Å². The maximum atomic E-state index is 11.0. The summed E-state index contributed by atoms with van der Waals surface area (Å²) in [6.07, 6.45) is 2.06. The summed E-state index contributed by atoms with van der Waals surface area (Å²) in [7, 11) is 0. The summed E-state index contributed by atoms with van der Waals surface area (Å²) in [4.78, 5) is 11.0. The molecule has 1 rings (SSSR count). The van der Waals surface area contributed by atoms with Crippen molar-refractivity contribution in [2.24, 2.45) is 5.92 Å². The first-order valence-corrected chi connectivity index (χ1v) is 4.61. The van der Waals surface area contributed by atoms with Crippen molar-refractivity contribution in [3.05, 3.63) is 12.2 Å². The number of aliphatic carboxylic acids is 1. The van der Waals surface area contributed by atoms with Crippen LogP contribution in [0.2, 0.25) is 0 Å². The number of carbonyl (C=O) groups is 1. The SMILES string of the molecule is Cc1nncn1C(CC(C)C)C(=O)O. The Hall–Kier alpha value is -1.39. The number of carboxylic acids is 1. The van der Waals surface area contributed by atoms with Crippen LogP contribution in [0.3, 0.4) is 0 Å². The Labute approximate surface area is 82.8 Å². The first-order valence-electron chi connectivity index (χ1n) is 4.61. The number of hydrogen-bond donors (Lipinski definition) is 1. The molecule has 1 unspecified atom stereocenters. The second kappa shape index (κ2) is 4.21. The molecule has 5 nitrogen and oxygen atoms in total. The largest absolute Gasteiger partial charge is 0.480 e. The van der Waals surface area contributed by atoms with Gasteiger partial charge in [-0.1, -0.05) is 13.8 Å². The number of aromatic nitrogens is 3. The van der Waals surface area contributed by atoms with Crippen molar-refractivity contribution in [3.63, 3.8) is 0 Å². The summed E-state index contributed by atoms with van der Waals surface area (Å²) < 4.78 is 1.60. The number of hydrogen-bond acceptors (Lipinski definition) is 3. The highest BCUT2D eigenvalue weighted by molar-refractivity contribution is 5.71. The number of nitrogens with zero attached hydrogens (tertiary/aromatic N) is 3. The lowest BCUT2D eigenvalue weighted by molar-refractivity contribution is -0.141. The van der Waals surface area contributed by atoms with Crippen molar-refractivity contribution in [3.8, 4) is 0 Å². The van der Waals surface area contributed by atoms with Crippen molar-refractivity contribution >= 4 is 5.97 Å². The fourth-order valence-electron chi connectivity index (χ4n) is 1.39. The van der Waals surface area contributed by atoms with E-state index in [0.29, 0.717) is 18.2 Å². The lowest BCUT2D eigenvalue weighted by Gasteiger charge is -2.16. The summed E-state index contributed by atoms with van der Waals surface area (Å²) in [6.45, 7) is 5.74. The molecule has 0 amide bonds. The summed E-state index contributed by atoms with van der Waals surface area (Å²) in [5.74, 6) is 0.137. The van der Waals surface area contributed by atoms with Gasteiger partial charge in [0.25, 0.3) is 0 Å². The molecular weight excluding hydrogens is 182 g/mol. The van der Waals surface area contributed by atoms with Crippen LogP contribution in [-0.2, 0) is 4.79 Å². The predicted molar refractivity (Wildman–Crippen MR) is 50.9 cm³/mol. The van der Waals surface area contributed by atoms with Gasteiger partial charge in [0.15, 0.2) is 0 Å². The molecule has 0 saturated carbocycles. The second-order valence-corrected chi connectivity index (χ2v) is 3.77. The third kappa shape index (κ3) is 2.31. The van der Waals surface area contributed by atoms with E-state index in [2.05, 4.69) is 10.2 Å². The average Bonchev–Trinajstić information content (AvgIpc) is 2.46. The molecule has 0 aliphatic heterocycles. The number of carboxylic acid groups (broad SMARTS) is 1. The van der Waals surface area contributed by atoms with Crippen LogP contribution in [0.15, 0.2) is 6.33 Å². The van der Waals surface area contributed by atoms with Crippen LogP contribution in [0.25, 0.3) is 0 Å². The van der Waals surface area contributed by atoms with Gasteiger partial charge >= 0.3 is 5.97 Å². The van der Waals surface area contributed by atoms with E-state index in [1.54, 1.807) is 11.5 Å². The Morgan fingerprint density at radius 3 is 2.64 bits per heavy atom. The zero-order chi connectivity index (χ0) is 10.7. The first kappa shape index (κ1) is 10.7. The Morgan fingerprint density at radius 2 is 2.29 bits per heavy atom. The van der Waals surface area contributed by atoms with Gasteiger partial charge in [0.2, 0.25) is 0 Å². The molecule has 0 aliphatic carbocycles. The minimum Gasteiger partial charge on any atom is -0.480 e. The zero-order valence-corrected chi connectivity index (χ0v) is 8.64. The molecule has 1 heterocycles. The third-order valence-electron chi connectivity index (χ3n) is 2.07. The zero-order valence-electron chi connectivity index (χ0n) is 8.64. The average molecular weight is 197 g/mol. The molecule has 0 radical (unpaired) electrons. The topological polar surface area (TPSA) is 68.0 Å². The quantitative estimate of drug-likeness (QED) is 0.789. The third-order valence-corrected chi connectivity index (χ3v) is 2.07. The Kier molecular flexibility index (Phi) is 3.22. The van der Waals surface area contributed by atoms with Crippen LogP contribution in [0.4, 0.5) is 0 Å². The van der Waals surface area contributed by atoms with Gasteiger partial charge in [-0.3, -0.25) is 0 Å². The summed E-state index contributed by atoms with van der Waals surface area (Å²) in [6, 6.07) is -0.551. The summed E-state index contributed by atoms with van der Waals surface area (Å²) >= 11 is 0. The smallest absolute Gasteiger partial charge is 0.326 e. The van der Waals surface area contributed by atoms with E-state index in [1.165, 1.54) is 6.33 Å². The molecule has 1 atom stereocenters. The predicted octanol–water partition coefficient (Wildman–Crippen LogP) is 1.26. The van der Waals surface area contributed by atoms with Crippen molar-refractivity contribution in [1.82, 2.24) is 14.8 Å². The highest BCUT2D eigenvalue weighted by Gasteiger charge is 2.22. The lowest BCUT2D eigenvalue weighted by atomic mass is 10.0. The molecule has 1 N–H and O–H groups in total. The van der Waals surface area contributed by atoms with Gasteiger partial charge in [-0.25, -0.2) is 4.79 Å². The highest BCUT2D eigenvalue weighted by atomic mass is 16.4. The maximum Gasteiger partial charge on any atom is 0.326 e. The normalized spacial score (nSPS) is 13.1. The van der Waals surface area contributed by atoms with Gasteiger partial charge < -0.3 is 9.67 Å². The van der Waals surface area contributed by atoms with Gasteiger partial charge in [0.05, 0.1) is 0 Å².